The van der Waals surface area contributed by atoms with E-state index < -0.39 is 6.04 Å². The molecule has 10 heteroatoms. The topological polar surface area (TPSA) is 108 Å². The summed E-state index contributed by atoms with van der Waals surface area (Å²) in [5.41, 5.74) is 2.43. The number of hydrogen-bond acceptors (Lipinski definition) is 7. The molecule has 0 radical (unpaired) electrons. The van der Waals surface area contributed by atoms with Gasteiger partial charge in [-0.3, -0.25) is 14.5 Å². The minimum atomic E-state index is -1.03. The number of aromatic nitrogens is 3. The lowest BCUT2D eigenvalue weighted by Crippen LogP contribution is -2.46. The summed E-state index contributed by atoms with van der Waals surface area (Å²) in [6.07, 6.45) is 1.77. The number of ether oxygens (including phenoxy) is 3. The first-order valence-electron chi connectivity index (χ1n) is 12.9. The van der Waals surface area contributed by atoms with Crippen LogP contribution in [0.4, 0.5) is 5.69 Å². The molecule has 202 valence electrons. The van der Waals surface area contributed by atoms with E-state index in [-0.39, 0.29) is 24.5 Å². The molecule has 0 saturated carbocycles. The highest BCUT2D eigenvalue weighted by atomic mass is 16.5. The quantitative estimate of drug-likeness (QED) is 0.335. The van der Waals surface area contributed by atoms with Crippen molar-refractivity contribution < 1.29 is 23.8 Å². The Labute approximate surface area is 226 Å². The first-order chi connectivity index (χ1) is 19.1. The zero-order chi connectivity index (χ0) is 27.2. The number of hydrogen-bond donors (Lipinski definition) is 1. The van der Waals surface area contributed by atoms with Gasteiger partial charge in [0.15, 0.2) is 0 Å². The number of nitrogens with one attached hydrogen (secondary N) is 1. The van der Waals surface area contributed by atoms with Crippen LogP contribution in [0.2, 0.25) is 0 Å². The molecule has 1 fully saturated rings. The maximum Gasteiger partial charge on any atom is 0.249 e. The van der Waals surface area contributed by atoms with E-state index in [0.717, 1.165) is 12.8 Å². The molecule has 2 atom stereocenters. The standard InChI is InChI=1S/C29H31N5O5/c1-37-21-10-7-9-20(17-21)28(29(36)30-18-22-11-8-16-39-22)34(25-14-5-6-15-26(25)38-2)27(35)19-33-24-13-4-3-12-23(24)31-32-33/h3-7,9-10,12-15,17,22,28H,8,11,16,18-19H2,1-2H3,(H,30,36)/t22-,28-/m0/s1. The van der Waals surface area contributed by atoms with Crippen LogP contribution in [-0.4, -0.2) is 60.3 Å². The first-order valence-corrected chi connectivity index (χ1v) is 12.9. The highest BCUT2D eigenvalue weighted by molar-refractivity contribution is 6.02. The SMILES string of the molecule is COc1cccc([C@@H](C(=O)NC[C@@H]2CCCO2)N(C(=O)Cn2nnc3ccccc32)c2ccccc2OC)c1. The fraction of sp³-hybridized carbons (Fsp3) is 0.310. The Kier molecular flexibility index (Phi) is 8.02. The predicted molar refractivity (Wildman–Crippen MR) is 146 cm³/mol. The van der Waals surface area contributed by atoms with Crippen molar-refractivity contribution in [3.8, 4) is 11.5 Å². The maximum absolute atomic E-state index is 14.2. The number of nitrogens with zero attached hydrogens (tertiary/aromatic N) is 4. The molecule has 0 unspecified atom stereocenters. The van der Waals surface area contributed by atoms with Crippen LogP contribution < -0.4 is 19.7 Å². The van der Waals surface area contributed by atoms with Gasteiger partial charge in [0.1, 0.15) is 29.6 Å². The Bertz CT molecular complexity index is 1450. The monoisotopic (exact) mass is 529 g/mol. The van der Waals surface area contributed by atoms with Crippen molar-refractivity contribution in [3.05, 3.63) is 78.4 Å². The normalized spacial score (nSPS) is 15.6. The van der Waals surface area contributed by atoms with Crippen LogP contribution in [0.3, 0.4) is 0 Å². The Morgan fingerprint density at radius 2 is 1.90 bits per heavy atom. The number of amides is 2. The molecule has 0 aliphatic carbocycles. The molecule has 1 N–H and O–H groups in total. The molecule has 10 nitrogen and oxygen atoms in total. The lowest BCUT2D eigenvalue weighted by molar-refractivity contribution is -0.127. The van der Waals surface area contributed by atoms with E-state index in [4.69, 9.17) is 14.2 Å². The summed E-state index contributed by atoms with van der Waals surface area (Å²) >= 11 is 0. The van der Waals surface area contributed by atoms with Crippen LogP contribution >= 0.6 is 0 Å². The van der Waals surface area contributed by atoms with Gasteiger partial charge in [-0.2, -0.15) is 0 Å². The number of carbonyl (C=O) groups excluding carboxylic acids is 2. The molecule has 4 aromatic rings. The second kappa shape index (κ2) is 12.0. The van der Waals surface area contributed by atoms with Gasteiger partial charge in [-0.1, -0.05) is 41.6 Å². The smallest absolute Gasteiger partial charge is 0.249 e. The van der Waals surface area contributed by atoms with Gasteiger partial charge in [-0.05, 0) is 54.8 Å². The van der Waals surface area contributed by atoms with Gasteiger partial charge in [0.25, 0.3) is 0 Å². The van der Waals surface area contributed by atoms with Crippen LogP contribution in [-0.2, 0) is 20.9 Å². The minimum Gasteiger partial charge on any atom is -0.497 e. The van der Waals surface area contributed by atoms with E-state index in [1.54, 1.807) is 49.6 Å². The zero-order valence-corrected chi connectivity index (χ0v) is 21.9. The van der Waals surface area contributed by atoms with Gasteiger partial charge in [0.2, 0.25) is 11.8 Å². The number of methoxy groups -OCH3 is 2. The van der Waals surface area contributed by atoms with Crippen molar-refractivity contribution in [3.63, 3.8) is 0 Å². The molecule has 39 heavy (non-hydrogen) atoms. The zero-order valence-electron chi connectivity index (χ0n) is 21.9. The molecule has 3 aromatic carbocycles. The highest BCUT2D eigenvalue weighted by Gasteiger charge is 2.35. The molecule has 2 amide bonds. The second-order valence-corrected chi connectivity index (χ2v) is 9.23. The minimum absolute atomic E-state index is 0.0585. The number of para-hydroxylation sites is 3. The summed E-state index contributed by atoms with van der Waals surface area (Å²) in [7, 11) is 3.09. The summed E-state index contributed by atoms with van der Waals surface area (Å²) in [6.45, 7) is 0.885. The third kappa shape index (κ3) is 5.70. The van der Waals surface area contributed by atoms with Crippen molar-refractivity contribution in [1.82, 2.24) is 20.3 Å². The number of anilines is 1. The van der Waals surface area contributed by atoms with E-state index in [2.05, 4.69) is 15.6 Å². The molecular weight excluding hydrogens is 498 g/mol. The van der Waals surface area contributed by atoms with Crippen molar-refractivity contribution in [2.75, 3.05) is 32.3 Å². The lowest BCUT2D eigenvalue weighted by atomic mass is 10.0. The molecule has 5 rings (SSSR count). The Balaban J connectivity index is 1.58. The average Bonchev–Trinajstić information content (AvgIpc) is 3.65. The van der Waals surface area contributed by atoms with Crippen LogP contribution in [0, 0.1) is 0 Å². The molecule has 0 spiro atoms. The van der Waals surface area contributed by atoms with E-state index in [9.17, 15) is 9.59 Å². The number of fused-ring (bicyclic) bond motifs is 1. The van der Waals surface area contributed by atoms with E-state index in [1.165, 1.54) is 16.7 Å². The third-order valence-corrected chi connectivity index (χ3v) is 6.76. The number of rotatable bonds is 10. The summed E-state index contributed by atoms with van der Waals surface area (Å²) in [5, 5.41) is 11.4. The van der Waals surface area contributed by atoms with Gasteiger partial charge < -0.3 is 19.5 Å². The number of benzene rings is 3. The Morgan fingerprint density at radius 1 is 1.08 bits per heavy atom. The van der Waals surface area contributed by atoms with Crippen LogP contribution in [0.1, 0.15) is 24.4 Å². The fourth-order valence-corrected chi connectivity index (χ4v) is 4.83. The van der Waals surface area contributed by atoms with Crippen molar-refractivity contribution in [2.45, 2.75) is 31.5 Å². The Hall–Kier alpha value is -4.44. The maximum atomic E-state index is 14.2. The van der Waals surface area contributed by atoms with Crippen LogP contribution in [0.15, 0.2) is 72.8 Å². The highest BCUT2D eigenvalue weighted by Crippen LogP contribution is 2.36. The van der Waals surface area contributed by atoms with Crippen molar-refractivity contribution >= 4 is 28.5 Å². The summed E-state index contributed by atoms with van der Waals surface area (Å²) in [4.78, 5) is 29.6. The molecule has 1 aliphatic rings. The average molecular weight is 530 g/mol. The molecular formula is C29H31N5O5. The van der Waals surface area contributed by atoms with E-state index in [0.29, 0.717) is 46.9 Å². The first kappa shape index (κ1) is 26.2. The molecule has 1 aromatic heterocycles. The van der Waals surface area contributed by atoms with Crippen molar-refractivity contribution in [2.24, 2.45) is 0 Å². The van der Waals surface area contributed by atoms with Crippen molar-refractivity contribution in [1.29, 1.82) is 0 Å². The van der Waals surface area contributed by atoms with E-state index >= 15 is 0 Å². The Morgan fingerprint density at radius 3 is 2.69 bits per heavy atom. The van der Waals surface area contributed by atoms with Gasteiger partial charge in [0, 0.05) is 13.2 Å². The fourth-order valence-electron chi connectivity index (χ4n) is 4.83. The summed E-state index contributed by atoms with van der Waals surface area (Å²) in [5.74, 6) is 0.310. The lowest BCUT2D eigenvalue weighted by Gasteiger charge is -2.32. The van der Waals surface area contributed by atoms with Gasteiger partial charge >= 0.3 is 0 Å². The molecule has 1 aliphatic heterocycles. The van der Waals surface area contributed by atoms with Crippen LogP contribution in [0.25, 0.3) is 11.0 Å². The molecule has 0 bridgehead atoms. The third-order valence-electron chi connectivity index (χ3n) is 6.76. The van der Waals surface area contributed by atoms with Crippen LogP contribution in [0.5, 0.6) is 11.5 Å². The summed E-state index contributed by atoms with van der Waals surface area (Å²) < 4.78 is 18.3. The predicted octanol–water partition coefficient (Wildman–Crippen LogP) is 3.52. The second-order valence-electron chi connectivity index (χ2n) is 9.23. The van der Waals surface area contributed by atoms with Gasteiger partial charge in [-0.15, -0.1) is 5.10 Å². The van der Waals surface area contributed by atoms with E-state index in [1.807, 2.05) is 30.3 Å². The number of carbonyl (C=O) groups is 2. The van der Waals surface area contributed by atoms with Gasteiger partial charge in [-0.25, -0.2) is 4.68 Å². The van der Waals surface area contributed by atoms with Gasteiger partial charge in [0.05, 0.1) is 31.5 Å². The molecule has 1 saturated heterocycles. The molecule has 2 heterocycles. The largest absolute Gasteiger partial charge is 0.497 e. The summed E-state index contributed by atoms with van der Waals surface area (Å²) in [6, 6.07) is 20.7.